The minimum atomic E-state index is -0.887. The third-order valence-electron chi connectivity index (χ3n) is 11.2. The van der Waals surface area contributed by atoms with Crippen molar-refractivity contribution in [2.45, 2.75) is 56.8 Å². The van der Waals surface area contributed by atoms with Crippen molar-refractivity contribution in [3.05, 3.63) is 47.2 Å². The van der Waals surface area contributed by atoms with Crippen molar-refractivity contribution in [1.29, 1.82) is 0 Å². The molecule has 2 N–H and O–H groups in total. The molecule has 1 aliphatic carbocycles. The zero-order valence-corrected chi connectivity index (χ0v) is 29.5. The topological polar surface area (TPSA) is 107 Å². The van der Waals surface area contributed by atoms with Crippen LogP contribution in [0.1, 0.15) is 49.8 Å². The summed E-state index contributed by atoms with van der Waals surface area (Å²) in [6, 6.07) is 4.62. The van der Waals surface area contributed by atoms with Gasteiger partial charge in [0.2, 0.25) is 0 Å². The lowest BCUT2D eigenvalue weighted by molar-refractivity contribution is 0.107. The lowest BCUT2D eigenvalue weighted by atomic mass is 9.95. The number of piperazine rings is 1. The van der Waals surface area contributed by atoms with Gasteiger partial charge in [0.1, 0.15) is 40.5 Å². The maximum Gasteiger partial charge on any atom is 0.319 e. The number of carbonyl (C=O) groups excluding carboxylic acids is 1. The van der Waals surface area contributed by atoms with Gasteiger partial charge >= 0.3 is 12.0 Å². The highest BCUT2D eigenvalue weighted by atomic mass is 19.1. The van der Waals surface area contributed by atoms with Gasteiger partial charge in [-0.2, -0.15) is 9.97 Å². The van der Waals surface area contributed by atoms with Gasteiger partial charge in [-0.3, -0.25) is 0 Å². The van der Waals surface area contributed by atoms with Crippen LogP contribution in [0.25, 0.3) is 32.9 Å². The predicted octanol–water partition coefficient (Wildman–Crippen LogP) is 5.38. The van der Waals surface area contributed by atoms with Crippen molar-refractivity contribution >= 4 is 33.5 Å². The molecule has 2 atom stereocenters. The van der Waals surface area contributed by atoms with E-state index in [1.165, 1.54) is 24.3 Å². The van der Waals surface area contributed by atoms with Gasteiger partial charge in [0.25, 0.3) is 0 Å². The first-order chi connectivity index (χ1) is 26.1. The summed E-state index contributed by atoms with van der Waals surface area (Å²) >= 11 is 0. The van der Waals surface area contributed by atoms with E-state index in [-0.39, 0.29) is 87.2 Å². The molecule has 276 valence electrons. The molecular weight excluding hydrogens is 695 g/mol. The van der Waals surface area contributed by atoms with E-state index in [9.17, 15) is 14.3 Å². The number of fused-ring (bicyclic) bond motifs is 4. The highest BCUT2D eigenvalue weighted by Gasteiger charge is 2.46. The molecule has 2 bridgehead atoms. The van der Waals surface area contributed by atoms with Gasteiger partial charge in [0, 0.05) is 49.1 Å². The van der Waals surface area contributed by atoms with Crippen molar-refractivity contribution in [1.82, 2.24) is 30.1 Å². The lowest BCUT2D eigenvalue weighted by Crippen LogP contribution is -2.58. The molecule has 0 radical (unpaired) electrons. The summed E-state index contributed by atoms with van der Waals surface area (Å²) in [5, 5.41) is 14.2. The number of alkyl halides is 1. The number of benzene rings is 2. The lowest BCUT2D eigenvalue weighted by Gasteiger charge is -2.41. The Morgan fingerprint density at radius 1 is 1.00 bits per heavy atom. The number of amides is 2. The molecule has 3 aliphatic heterocycles. The summed E-state index contributed by atoms with van der Waals surface area (Å²) in [4.78, 5) is 33.1. The summed E-state index contributed by atoms with van der Waals surface area (Å²) in [5.74, 6) is 5.89. The van der Waals surface area contributed by atoms with Crippen LogP contribution in [0.5, 0.6) is 11.8 Å². The first-order valence-corrected chi connectivity index (χ1v) is 18.2. The van der Waals surface area contributed by atoms with Crippen molar-refractivity contribution < 1.29 is 27.8 Å². The number of halogens is 3. The molecule has 3 saturated heterocycles. The molecule has 10 nitrogen and oxygen atoms in total. The number of nitrogens with one attached hydrogen (secondary N) is 1. The van der Waals surface area contributed by atoms with E-state index in [4.69, 9.17) is 29.0 Å². The molecule has 1 saturated carbocycles. The van der Waals surface area contributed by atoms with E-state index in [0.29, 0.717) is 50.2 Å². The SMILES string of the molecule is C#CCNC(=O)N1C2CCC1CN(c1nc(OCC3(CN4CCC(F)CC4)CC3)nc3c(F)c(-c4cc(O)cc5ccc(F)c(C#C)c45)nc(C#C)c13)C2. The van der Waals surface area contributed by atoms with Crippen LogP contribution in [-0.4, -0.2) is 100 Å². The smallest absolute Gasteiger partial charge is 0.319 e. The summed E-state index contributed by atoms with van der Waals surface area (Å²) in [5.41, 5.74) is -0.675. The Hall–Kier alpha value is -5.71. The summed E-state index contributed by atoms with van der Waals surface area (Å²) in [6.45, 7) is 3.22. The van der Waals surface area contributed by atoms with E-state index in [2.05, 4.69) is 37.9 Å². The average molecular weight is 734 g/mol. The van der Waals surface area contributed by atoms with Crippen molar-refractivity contribution in [2.75, 3.05) is 50.8 Å². The number of hydrogen-bond donors (Lipinski definition) is 2. The third-order valence-corrected chi connectivity index (χ3v) is 11.2. The normalized spacial score (nSPS) is 20.7. The highest BCUT2D eigenvalue weighted by Crippen LogP contribution is 2.47. The van der Waals surface area contributed by atoms with Gasteiger partial charge in [-0.25, -0.2) is 22.9 Å². The largest absolute Gasteiger partial charge is 0.508 e. The molecule has 54 heavy (non-hydrogen) atoms. The van der Waals surface area contributed by atoms with Crippen molar-refractivity contribution in [3.63, 3.8) is 0 Å². The van der Waals surface area contributed by atoms with Gasteiger partial charge in [-0.1, -0.05) is 17.9 Å². The molecule has 2 amide bonds. The van der Waals surface area contributed by atoms with Gasteiger partial charge in [0.05, 0.1) is 36.2 Å². The van der Waals surface area contributed by atoms with Crippen LogP contribution in [0.2, 0.25) is 0 Å². The second-order valence-electron chi connectivity index (χ2n) is 14.8. The molecule has 4 aliphatic rings. The van der Waals surface area contributed by atoms with Gasteiger partial charge in [-0.05, 0) is 68.0 Å². The van der Waals surface area contributed by atoms with Gasteiger partial charge in [0.15, 0.2) is 5.82 Å². The number of carbonyl (C=O) groups is 1. The second-order valence-corrected chi connectivity index (χ2v) is 14.8. The number of hydrogen-bond acceptors (Lipinski definition) is 8. The number of terminal acetylenes is 3. The van der Waals surface area contributed by atoms with E-state index >= 15 is 8.78 Å². The van der Waals surface area contributed by atoms with Crippen molar-refractivity contribution in [2.24, 2.45) is 5.41 Å². The van der Waals surface area contributed by atoms with Gasteiger partial charge < -0.3 is 29.9 Å². The van der Waals surface area contributed by atoms with E-state index in [0.717, 1.165) is 32.2 Å². The number of ether oxygens (including phenoxy) is 1. The van der Waals surface area contributed by atoms with E-state index < -0.39 is 17.8 Å². The molecule has 13 heteroatoms. The first kappa shape index (κ1) is 35.3. The van der Waals surface area contributed by atoms with Crippen LogP contribution < -0.4 is 15.0 Å². The fourth-order valence-electron chi connectivity index (χ4n) is 8.37. The Balaban J connectivity index is 1.23. The predicted molar refractivity (Wildman–Crippen MR) is 199 cm³/mol. The minimum absolute atomic E-state index is 0.0228. The van der Waals surface area contributed by atoms with Crippen LogP contribution >= 0.6 is 0 Å². The fraction of sp³-hybridized carbons (Fsp3) is 0.415. The Kier molecular flexibility index (Phi) is 9.11. The number of pyridine rings is 1. The number of phenols is 1. The number of nitrogens with zero attached hydrogens (tertiary/aromatic N) is 6. The molecule has 4 fully saturated rings. The quantitative estimate of drug-likeness (QED) is 0.233. The maximum atomic E-state index is 17.2. The average Bonchev–Trinajstić information content (AvgIpc) is 3.89. The van der Waals surface area contributed by atoms with E-state index in [1.807, 2.05) is 9.80 Å². The summed E-state index contributed by atoms with van der Waals surface area (Å²) in [6.07, 6.45) is 20.8. The Bertz CT molecular complexity index is 2290. The molecule has 2 aromatic carbocycles. The number of piperidine rings is 1. The monoisotopic (exact) mass is 733 g/mol. The summed E-state index contributed by atoms with van der Waals surface area (Å²) < 4.78 is 52.4. The molecule has 4 aromatic rings. The zero-order valence-electron chi connectivity index (χ0n) is 29.5. The number of anilines is 1. The van der Waals surface area contributed by atoms with E-state index in [1.54, 1.807) is 0 Å². The number of phenolic OH excluding ortho intramolecular Hbond substituents is 1. The second kappa shape index (κ2) is 13.9. The Morgan fingerprint density at radius 3 is 2.41 bits per heavy atom. The number of urea groups is 1. The molecule has 2 aromatic heterocycles. The fourth-order valence-corrected chi connectivity index (χ4v) is 8.37. The molecule has 2 unspecified atom stereocenters. The Labute approximate surface area is 311 Å². The standard InChI is InChI=1S/C41H38F3N7O3/c1-4-15-45-40(53)51-26-8-9-27(51)21-50(20-26)38-34-32(6-3)46-36(30-19-28(52)18-24-7-10-31(43)29(5-2)33(24)30)35(44)37(34)47-39(48-38)54-23-41(13-14-41)22-49-16-11-25(42)12-17-49/h1-3,7,10,18-19,25-27,52H,8-9,11-17,20-23H2,(H,45,53). The van der Waals surface area contributed by atoms with Crippen LogP contribution in [0.4, 0.5) is 23.8 Å². The van der Waals surface area contributed by atoms with Crippen molar-refractivity contribution in [3.8, 4) is 60.0 Å². The first-order valence-electron chi connectivity index (χ1n) is 18.2. The zero-order chi connectivity index (χ0) is 37.7. The highest BCUT2D eigenvalue weighted by molar-refractivity contribution is 6.04. The maximum absolute atomic E-state index is 17.2. The van der Waals surface area contributed by atoms with Crippen LogP contribution in [0, 0.1) is 54.1 Å². The number of rotatable bonds is 8. The van der Waals surface area contributed by atoms with Crippen LogP contribution in [-0.2, 0) is 0 Å². The number of aromatic hydroxyl groups is 1. The molecule has 5 heterocycles. The van der Waals surface area contributed by atoms with Crippen LogP contribution in [0.3, 0.4) is 0 Å². The summed E-state index contributed by atoms with van der Waals surface area (Å²) in [7, 11) is 0. The Morgan fingerprint density at radius 2 is 1.74 bits per heavy atom. The van der Waals surface area contributed by atoms with Gasteiger partial charge in [-0.15, -0.1) is 19.3 Å². The minimum Gasteiger partial charge on any atom is -0.508 e. The molecular formula is C41H38F3N7O3. The third kappa shape index (κ3) is 6.35. The number of aromatic nitrogens is 3. The molecule has 8 rings (SSSR count). The number of likely N-dealkylation sites (tertiary alicyclic amines) is 1. The van der Waals surface area contributed by atoms with Crippen LogP contribution in [0.15, 0.2) is 24.3 Å². The molecule has 0 spiro atoms.